The molecule has 1 unspecified atom stereocenters. The van der Waals surface area contributed by atoms with Gasteiger partial charge in [-0.3, -0.25) is 9.00 Å². The second-order valence-electron chi connectivity index (χ2n) is 8.25. The van der Waals surface area contributed by atoms with Gasteiger partial charge in [-0.25, -0.2) is 0 Å². The molecule has 0 aromatic carbocycles. The molecule has 2 heterocycles. The molecule has 1 N–H and O–H groups in total. The van der Waals surface area contributed by atoms with Crippen molar-refractivity contribution in [2.75, 3.05) is 11.5 Å². The van der Waals surface area contributed by atoms with Gasteiger partial charge >= 0.3 is 0 Å². The number of carbonyl (C=O) groups excluding carboxylic acids is 1. The maximum atomic E-state index is 12.1. The molecule has 9 heteroatoms. The van der Waals surface area contributed by atoms with Crippen molar-refractivity contribution in [3.05, 3.63) is 0 Å². The SMILES string of the molecule is C[C@@H](O[Si](C)(C)C(C)(C)C)[C@H]1C(=O)N[C@@H]1SC(=S)S[C@H]1CCS(=O)C1. The maximum absolute atomic E-state index is 12.1. The van der Waals surface area contributed by atoms with E-state index in [1.807, 2.05) is 6.92 Å². The first-order chi connectivity index (χ1) is 11.4. The van der Waals surface area contributed by atoms with E-state index in [-0.39, 0.29) is 28.3 Å². The van der Waals surface area contributed by atoms with Crippen molar-refractivity contribution in [3.63, 3.8) is 0 Å². The Kier molecular flexibility index (Phi) is 7.27. The molecule has 144 valence electrons. The predicted molar refractivity (Wildman–Crippen MR) is 117 cm³/mol. The fourth-order valence-electron chi connectivity index (χ4n) is 2.64. The average molecular weight is 440 g/mol. The van der Waals surface area contributed by atoms with Crippen molar-refractivity contribution in [1.29, 1.82) is 0 Å². The van der Waals surface area contributed by atoms with E-state index in [2.05, 4.69) is 39.2 Å². The third kappa shape index (κ3) is 5.54. The molecule has 25 heavy (non-hydrogen) atoms. The van der Waals surface area contributed by atoms with E-state index < -0.39 is 19.1 Å². The van der Waals surface area contributed by atoms with Crippen LogP contribution in [0.15, 0.2) is 0 Å². The highest BCUT2D eigenvalue weighted by atomic mass is 32.2. The number of rotatable bonds is 5. The molecule has 2 aliphatic rings. The van der Waals surface area contributed by atoms with E-state index in [1.54, 1.807) is 23.5 Å². The first-order valence-corrected chi connectivity index (χ1v) is 15.2. The summed E-state index contributed by atoms with van der Waals surface area (Å²) in [4.78, 5) is 12.1. The van der Waals surface area contributed by atoms with Crippen molar-refractivity contribution in [2.45, 2.75) is 69.0 Å². The van der Waals surface area contributed by atoms with Crippen LogP contribution in [0.25, 0.3) is 0 Å². The van der Waals surface area contributed by atoms with Crippen LogP contribution in [0.4, 0.5) is 0 Å². The summed E-state index contributed by atoms with van der Waals surface area (Å²) >= 11 is 8.68. The Bertz CT molecular complexity index is 564. The third-order valence-corrected chi connectivity index (χ3v) is 14.4. The Hall–Kier alpha value is 0.587. The molecular weight excluding hydrogens is 411 g/mol. The molecule has 4 nitrogen and oxygen atoms in total. The number of thiocarbonyl (C=S) groups is 1. The van der Waals surface area contributed by atoms with Crippen molar-refractivity contribution >= 4 is 64.3 Å². The highest BCUT2D eigenvalue weighted by Crippen LogP contribution is 2.41. The predicted octanol–water partition coefficient (Wildman–Crippen LogP) is 3.74. The summed E-state index contributed by atoms with van der Waals surface area (Å²) < 4.78 is 18.7. The Balaban J connectivity index is 1.89. The molecule has 0 aromatic heterocycles. The van der Waals surface area contributed by atoms with Crippen molar-refractivity contribution in [2.24, 2.45) is 5.92 Å². The third-order valence-electron chi connectivity index (χ3n) is 5.23. The van der Waals surface area contributed by atoms with Crippen molar-refractivity contribution in [1.82, 2.24) is 5.32 Å². The highest BCUT2D eigenvalue weighted by Gasteiger charge is 2.48. The minimum atomic E-state index is -1.91. The molecule has 0 saturated carbocycles. The summed E-state index contributed by atoms with van der Waals surface area (Å²) in [6.07, 6.45) is 0.850. The molecule has 5 atom stereocenters. The Morgan fingerprint density at radius 1 is 1.40 bits per heavy atom. The van der Waals surface area contributed by atoms with Gasteiger partial charge in [0.05, 0.1) is 17.4 Å². The molecule has 0 aliphatic carbocycles. The molecule has 0 aromatic rings. The first kappa shape index (κ1) is 21.9. The van der Waals surface area contributed by atoms with Gasteiger partial charge in [0.2, 0.25) is 5.91 Å². The minimum absolute atomic E-state index is 0.0147. The summed E-state index contributed by atoms with van der Waals surface area (Å²) in [5.41, 5.74) is 0. The summed E-state index contributed by atoms with van der Waals surface area (Å²) in [6.45, 7) is 13.0. The summed E-state index contributed by atoms with van der Waals surface area (Å²) in [6, 6.07) is 0. The van der Waals surface area contributed by atoms with Crippen LogP contribution in [-0.4, -0.2) is 50.2 Å². The summed E-state index contributed by atoms with van der Waals surface area (Å²) in [7, 11) is -2.60. The average Bonchev–Trinajstić information content (AvgIpc) is 2.80. The molecule has 2 fully saturated rings. The number of hydrogen-bond acceptors (Lipinski definition) is 6. The molecule has 0 bridgehead atoms. The van der Waals surface area contributed by atoms with Crippen LogP contribution in [0.3, 0.4) is 0 Å². The van der Waals surface area contributed by atoms with E-state index in [1.165, 1.54) is 0 Å². The van der Waals surface area contributed by atoms with Gasteiger partial charge < -0.3 is 9.74 Å². The second kappa shape index (κ2) is 8.30. The molecule has 1 amide bonds. The maximum Gasteiger partial charge on any atom is 0.229 e. The number of carbonyl (C=O) groups is 1. The highest BCUT2D eigenvalue weighted by molar-refractivity contribution is 8.47. The Morgan fingerprint density at radius 3 is 2.52 bits per heavy atom. The molecular formula is C16H29NO3S4Si. The Morgan fingerprint density at radius 2 is 2.04 bits per heavy atom. The van der Waals surface area contributed by atoms with Crippen LogP contribution in [0, 0.1) is 5.92 Å². The van der Waals surface area contributed by atoms with Crippen LogP contribution in [0.1, 0.15) is 34.1 Å². The Labute approximate surface area is 169 Å². The normalized spacial score (nSPS) is 31.4. The van der Waals surface area contributed by atoms with E-state index >= 15 is 0 Å². The van der Waals surface area contributed by atoms with Gasteiger partial charge in [0, 0.05) is 27.6 Å². The van der Waals surface area contributed by atoms with E-state index in [9.17, 15) is 9.00 Å². The van der Waals surface area contributed by atoms with E-state index in [4.69, 9.17) is 16.6 Å². The summed E-state index contributed by atoms with van der Waals surface area (Å²) in [5.74, 6) is 1.41. The van der Waals surface area contributed by atoms with Gasteiger partial charge in [-0.1, -0.05) is 44.8 Å². The van der Waals surface area contributed by atoms with Gasteiger partial charge in [0.15, 0.2) is 8.32 Å². The zero-order valence-electron chi connectivity index (χ0n) is 15.8. The molecule has 2 aliphatic heterocycles. The number of nitrogens with one attached hydrogen (secondary N) is 1. The quantitative estimate of drug-likeness (QED) is 0.400. The van der Waals surface area contributed by atoms with Gasteiger partial charge in [-0.15, -0.1) is 11.8 Å². The van der Waals surface area contributed by atoms with Gasteiger partial charge in [0.1, 0.15) is 3.53 Å². The van der Waals surface area contributed by atoms with Crippen LogP contribution in [0.2, 0.25) is 18.1 Å². The van der Waals surface area contributed by atoms with Crippen LogP contribution in [0.5, 0.6) is 0 Å². The van der Waals surface area contributed by atoms with E-state index in [0.717, 1.165) is 21.5 Å². The summed E-state index contributed by atoms with van der Waals surface area (Å²) in [5, 5.41) is 3.42. The zero-order chi connectivity index (χ0) is 19.0. The van der Waals surface area contributed by atoms with E-state index in [0.29, 0.717) is 5.25 Å². The minimum Gasteiger partial charge on any atom is -0.413 e. The fraction of sp³-hybridized carbons (Fsp3) is 0.875. The fourth-order valence-corrected chi connectivity index (χ4v) is 9.29. The smallest absolute Gasteiger partial charge is 0.229 e. The second-order valence-corrected chi connectivity index (χ2v) is 18.3. The number of thioether (sulfide) groups is 2. The molecule has 2 saturated heterocycles. The number of hydrogen-bond donors (Lipinski definition) is 1. The number of β-lactam (4-membered cyclic amide) rings is 1. The van der Waals surface area contributed by atoms with Crippen LogP contribution in [-0.2, 0) is 20.0 Å². The van der Waals surface area contributed by atoms with Crippen molar-refractivity contribution < 1.29 is 13.4 Å². The monoisotopic (exact) mass is 439 g/mol. The first-order valence-electron chi connectivity index (χ1n) is 8.61. The molecule has 0 radical (unpaired) electrons. The number of amides is 1. The van der Waals surface area contributed by atoms with Crippen LogP contribution < -0.4 is 5.32 Å². The lowest BCUT2D eigenvalue weighted by atomic mass is 9.96. The van der Waals surface area contributed by atoms with Crippen molar-refractivity contribution in [3.8, 4) is 0 Å². The molecule has 0 spiro atoms. The lowest BCUT2D eigenvalue weighted by molar-refractivity contribution is -0.136. The van der Waals surface area contributed by atoms with Gasteiger partial charge in [-0.2, -0.15) is 0 Å². The van der Waals surface area contributed by atoms with Crippen LogP contribution >= 0.6 is 35.7 Å². The zero-order valence-corrected chi connectivity index (χ0v) is 20.1. The lowest BCUT2D eigenvalue weighted by Gasteiger charge is -2.45. The topological polar surface area (TPSA) is 55.4 Å². The largest absolute Gasteiger partial charge is 0.413 e. The van der Waals surface area contributed by atoms with Gasteiger partial charge in [0.25, 0.3) is 0 Å². The standard InChI is InChI=1S/C16H29NO3S4Si/c1-10(20-25(5,6)16(2,3)4)12-13(18)17-14(12)23-15(21)22-11-7-8-24(19)9-11/h10-12,14H,7-9H2,1-6H3,(H,17,18)/t10-,11+,12+,14-,24?/m1/s1. The molecule has 2 rings (SSSR count). The van der Waals surface area contributed by atoms with Gasteiger partial charge in [-0.05, 0) is 31.5 Å². The lowest BCUT2D eigenvalue weighted by Crippen LogP contribution is -2.62.